The Bertz CT molecular complexity index is 525. The molecule has 18 heavy (non-hydrogen) atoms. The summed E-state index contributed by atoms with van der Waals surface area (Å²) in [5, 5.41) is 5.43. The van der Waals surface area contributed by atoms with Crippen LogP contribution in [0.5, 0.6) is 0 Å². The third-order valence-electron chi connectivity index (χ3n) is 2.73. The molecule has 1 unspecified atom stereocenters. The molecule has 5 heteroatoms. The Morgan fingerprint density at radius 2 is 2.06 bits per heavy atom. The van der Waals surface area contributed by atoms with Gasteiger partial charge < -0.3 is 5.73 Å². The van der Waals surface area contributed by atoms with Crippen molar-refractivity contribution in [1.82, 2.24) is 4.98 Å². The van der Waals surface area contributed by atoms with Crippen LogP contribution in [-0.2, 0) is 11.8 Å². The fraction of sp³-hybridized carbons (Fsp3) is 0.462. The minimum atomic E-state index is 0.0590. The molecule has 0 aliphatic carbocycles. The van der Waals surface area contributed by atoms with Gasteiger partial charge in [0.15, 0.2) is 0 Å². The summed E-state index contributed by atoms with van der Waals surface area (Å²) in [4.78, 5) is 4.69. The molecule has 0 amide bonds. The molecule has 2 heterocycles. The lowest BCUT2D eigenvalue weighted by molar-refractivity contribution is 0.569. The molecule has 0 aliphatic heterocycles. The molecule has 0 bridgehead atoms. The Morgan fingerprint density at radius 3 is 2.56 bits per heavy atom. The zero-order chi connectivity index (χ0) is 13.3. The third-order valence-corrected chi connectivity index (χ3v) is 5.41. The summed E-state index contributed by atoms with van der Waals surface area (Å²) in [5.74, 6) is 0. The first kappa shape index (κ1) is 14.4. The van der Waals surface area contributed by atoms with E-state index in [-0.39, 0.29) is 11.5 Å². The maximum absolute atomic E-state index is 6.23. The SMILES string of the molecule is CC(C)(C)c1csc(CC(N)c2csc(I)c2)n1. The largest absolute Gasteiger partial charge is 0.324 e. The summed E-state index contributed by atoms with van der Waals surface area (Å²) in [5.41, 5.74) is 8.73. The average molecular weight is 392 g/mol. The minimum Gasteiger partial charge on any atom is -0.324 e. The minimum absolute atomic E-state index is 0.0590. The van der Waals surface area contributed by atoms with Crippen molar-refractivity contribution >= 4 is 45.3 Å². The zero-order valence-corrected chi connectivity index (χ0v) is 14.5. The van der Waals surface area contributed by atoms with Crippen LogP contribution in [0.25, 0.3) is 0 Å². The highest BCUT2D eigenvalue weighted by Crippen LogP contribution is 2.27. The van der Waals surface area contributed by atoms with Crippen LogP contribution in [0.3, 0.4) is 0 Å². The van der Waals surface area contributed by atoms with E-state index in [4.69, 9.17) is 10.7 Å². The van der Waals surface area contributed by atoms with Crippen LogP contribution < -0.4 is 5.73 Å². The number of thiazole rings is 1. The number of halogens is 1. The fourth-order valence-corrected chi connectivity index (χ4v) is 4.09. The summed E-state index contributed by atoms with van der Waals surface area (Å²) in [6, 6.07) is 2.22. The number of nitrogens with zero attached hydrogens (tertiary/aromatic N) is 1. The molecule has 2 aromatic rings. The zero-order valence-electron chi connectivity index (χ0n) is 10.7. The van der Waals surface area contributed by atoms with Gasteiger partial charge in [-0.2, -0.15) is 0 Å². The fourth-order valence-electron chi connectivity index (χ4n) is 1.57. The molecular weight excluding hydrogens is 375 g/mol. The monoisotopic (exact) mass is 392 g/mol. The van der Waals surface area contributed by atoms with E-state index in [9.17, 15) is 0 Å². The van der Waals surface area contributed by atoms with Gasteiger partial charge in [-0.3, -0.25) is 0 Å². The number of rotatable bonds is 3. The van der Waals surface area contributed by atoms with Gasteiger partial charge in [0.25, 0.3) is 0 Å². The van der Waals surface area contributed by atoms with Crippen molar-refractivity contribution in [2.75, 3.05) is 0 Å². The molecule has 0 radical (unpaired) electrons. The molecule has 0 spiro atoms. The molecule has 0 saturated carbocycles. The standard InChI is InChI=1S/C13H17IN2S2/c1-13(2,3)10-7-18-12(16-10)5-9(15)8-4-11(14)17-6-8/h4,6-7,9H,5,15H2,1-3H3. The topological polar surface area (TPSA) is 38.9 Å². The predicted molar refractivity (Wildman–Crippen MR) is 88.5 cm³/mol. The number of thiophene rings is 1. The number of aromatic nitrogens is 1. The van der Waals surface area contributed by atoms with E-state index in [2.05, 4.69) is 60.2 Å². The average Bonchev–Trinajstić information content (AvgIpc) is 2.85. The van der Waals surface area contributed by atoms with Crippen LogP contribution in [0.2, 0.25) is 0 Å². The lowest BCUT2D eigenvalue weighted by Crippen LogP contribution is -2.14. The molecule has 0 aromatic carbocycles. The van der Waals surface area contributed by atoms with Crippen molar-refractivity contribution in [3.05, 3.63) is 36.0 Å². The van der Waals surface area contributed by atoms with Gasteiger partial charge in [-0.15, -0.1) is 22.7 Å². The molecule has 1 atom stereocenters. The van der Waals surface area contributed by atoms with Gasteiger partial charge in [0.1, 0.15) is 0 Å². The van der Waals surface area contributed by atoms with Crippen molar-refractivity contribution in [1.29, 1.82) is 0 Å². The van der Waals surface area contributed by atoms with E-state index in [0.717, 1.165) is 17.1 Å². The maximum atomic E-state index is 6.23. The van der Waals surface area contributed by atoms with E-state index in [0.29, 0.717) is 0 Å². The van der Waals surface area contributed by atoms with E-state index in [1.807, 2.05) is 0 Å². The Morgan fingerprint density at radius 1 is 1.33 bits per heavy atom. The van der Waals surface area contributed by atoms with Gasteiger partial charge in [-0.25, -0.2) is 4.98 Å². The van der Waals surface area contributed by atoms with E-state index >= 15 is 0 Å². The van der Waals surface area contributed by atoms with Gasteiger partial charge in [-0.05, 0) is 39.6 Å². The van der Waals surface area contributed by atoms with Crippen LogP contribution in [0.1, 0.15) is 43.1 Å². The van der Waals surface area contributed by atoms with Crippen LogP contribution >= 0.6 is 45.3 Å². The van der Waals surface area contributed by atoms with Crippen molar-refractivity contribution in [3.63, 3.8) is 0 Å². The Kier molecular flexibility index (Phi) is 4.46. The van der Waals surface area contributed by atoms with Gasteiger partial charge in [0, 0.05) is 23.3 Å². The summed E-state index contributed by atoms with van der Waals surface area (Å²) < 4.78 is 1.28. The number of nitrogens with two attached hydrogens (primary N) is 1. The second-order valence-corrected chi connectivity index (χ2v) is 9.12. The third kappa shape index (κ3) is 3.53. The molecule has 2 aromatic heterocycles. The number of hydrogen-bond donors (Lipinski definition) is 1. The van der Waals surface area contributed by atoms with Crippen molar-refractivity contribution in [2.24, 2.45) is 5.73 Å². The highest BCUT2D eigenvalue weighted by molar-refractivity contribution is 14.1. The normalized spacial score (nSPS) is 13.8. The number of hydrogen-bond acceptors (Lipinski definition) is 4. The molecule has 2 N–H and O–H groups in total. The molecule has 2 nitrogen and oxygen atoms in total. The van der Waals surface area contributed by atoms with E-state index in [1.54, 1.807) is 22.7 Å². The summed E-state index contributed by atoms with van der Waals surface area (Å²) in [6.07, 6.45) is 0.827. The van der Waals surface area contributed by atoms with Gasteiger partial charge in [0.2, 0.25) is 0 Å². The van der Waals surface area contributed by atoms with Gasteiger partial charge >= 0.3 is 0 Å². The smallest absolute Gasteiger partial charge is 0.0947 e. The predicted octanol–water partition coefficient (Wildman–Crippen LogP) is 4.35. The van der Waals surface area contributed by atoms with Crippen LogP contribution in [-0.4, -0.2) is 4.98 Å². The van der Waals surface area contributed by atoms with Crippen molar-refractivity contribution in [3.8, 4) is 0 Å². The lowest BCUT2D eigenvalue weighted by Gasteiger charge is -2.14. The Balaban J connectivity index is 2.08. The highest BCUT2D eigenvalue weighted by atomic mass is 127. The summed E-state index contributed by atoms with van der Waals surface area (Å²) in [7, 11) is 0. The van der Waals surface area contributed by atoms with Crippen LogP contribution in [0.15, 0.2) is 16.8 Å². The summed E-state index contributed by atoms with van der Waals surface area (Å²) >= 11 is 5.79. The maximum Gasteiger partial charge on any atom is 0.0947 e. The summed E-state index contributed by atoms with van der Waals surface area (Å²) in [6.45, 7) is 6.56. The van der Waals surface area contributed by atoms with Crippen LogP contribution in [0, 0.1) is 2.88 Å². The quantitative estimate of drug-likeness (QED) is 0.789. The lowest BCUT2D eigenvalue weighted by atomic mass is 9.93. The second-order valence-electron chi connectivity index (χ2n) is 5.37. The molecule has 98 valence electrons. The molecule has 0 aliphatic rings. The second kappa shape index (κ2) is 5.56. The first-order valence-electron chi connectivity index (χ1n) is 5.80. The van der Waals surface area contributed by atoms with Gasteiger partial charge in [-0.1, -0.05) is 20.8 Å². The Labute approximate surface area is 130 Å². The van der Waals surface area contributed by atoms with Crippen molar-refractivity contribution < 1.29 is 0 Å². The van der Waals surface area contributed by atoms with Crippen LogP contribution in [0.4, 0.5) is 0 Å². The molecule has 0 fully saturated rings. The molecule has 2 rings (SSSR count). The first-order valence-corrected chi connectivity index (χ1v) is 8.64. The van der Waals surface area contributed by atoms with Crippen molar-refractivity contribution in [2.45, 2.75) is 38.6 Å². The first-order chi connectivity index (χ1) is 8.36. The van der Waals surface area contributed by atoms with E-state index < -0.39 is 0 Å². The Hall–Kier alpha value is 0.0200. The highest BCUT2D eigenvalue weighted by Gasteiger charge is 2.18. The molecular formula is C13H17IN2S2. The van der Waals surface area contributed by atoms with Gasteiger partial charge in [0.05, 0.1) is 13.6 Å². The van der Waals surface area contributed by atoms with E-state index in [1.165, 1.54) is 8.45 Å². The molecule has 0 saturated heterocycles.